The molecule has 8 heteroatoms. The Morgan fingerprint density at radius 3 is 2.64 bits per heavy atom. The molecule has 0 unspecified atom stereocenters. The van der Waals surface area contributed by atoms with Gasteiger partial charge in [0.05, 0.1) is 18.7 Å². The molecule has 0 bridgehead atoms. The second-order valence-corrected chi connectivity index (χ2v) is 6.95. The Morgan fingerprint density at radius 2 is 1.96 bits per heavy atom. The Bertz CT molecular complexity index is 698. The van der Waals surface area contributed by atoms with Crippen LogP contribution >= 0.6 is 0 Å². The van der Waals surface area contributed by atoms with E-state index in [0.717, 1.165) is 29.9 Å². The fourth-order valence-electron chi connectivity index (χ4n) is 3.57. The summed E-state index contributed by atoms with van der Waals surface area (Å²) in [6, 6.07) is -1.09. The second-order valence-electron chi connectivity index (χ2n) is 6.95. The number of H-pyrrole nitrogens is 1. The Labute approximate surface area is 147 Å². The number of amides is 4. The van der Waals surface area contributed by atoms with Gasteiger partial charge in [0.15, 0.2) is 0 Å². The number of fused-ring (bicyclic) bond motifs is 1. The molecule has 0 spiro atoms. The molecule has 136 valence electrons. The lowest BCUT2D eigenvalue weighted by Crippen LogP contribution is -2.38. The number of carbonyl (C=O) groups excluding carboxylic acids is 3. The van der Waals surface area contributed by atoms with Gasteiger partial charge in [-0.15, -0.1) is 0 Å². The molecule has 0 saturated carbocycles. The lowest BCUT2D eigenvalue weighted by atomic mass is 10.1. The molecule has 25 heavy (non-hydrogen) atoms. The molecule has 4 amide bonds. The molecule has 1 fully saturated rings. The van der Waals surface area contributed by atoms with Gasteiger partial charge in [-0.25, -0.2) is 4.79 Å². The summed E-state index contributed by atoms with van der Waals surface area (Å²) < 4.78 is 0. The van der Waals surface area contributed by atoms with E-state index >= 15 is 0 Å². The highest BCUT2D eigenvalue weighted by molar-refractivity contribution is 6.05. The minimum absolute atomic E-state index is 0.00543. The van der Waals surface area contributed by atoms with Crippen molar-refractivity contribution < 1.29 is 14.4 Å². The zero-order chi connectivity index (χ0) is 18.1. The molecule has 2 aliphatic rings. The van der Waals surface area contributed by atoms with Crippen molar-refractivity contribution in [2.24, 2.45) is 0 Å². The van der Waals surface area contributed by atoms with Gasteiger partial charge >= 0.3 is 6.03 Å². The number of urea groups is 1. The molecule has 2 heterocycles. The van der Waals surface area contributed by atoms with Gasteiger partial charge < -0.3 is 9.80 Å². The zero-order valence-corrected chi connectivity index (χ0v) is 15.0. The molecule has 0 radical (unpaired) electrons. The second kappa shape index (κ2) is 6.85. The molecular weight excluding hydrogens is 322 g/mol. The number of aryl methyl sites for hydroxylation is 1. The molecular formula is C17H25N5O3. The summed E-state index contributed by atoms with van der Waals surface area (Å²) >= 11 is 0. The van der Waals surface area contributed by atoms with Crippen molar-refractivity contribution in [3.63, 3.8) is 0 Å². The van der Waals surface area contributed by atoms with Crippen molar-refractivity contribution in [2.45, 2.75) is 51.1 Å². The number of imide groups is 1. The summed E-state index contributed by atoms with van der Waals surface area (Å²) in [6.07, 6.45) is 5.53. The third-order valence-corrected chi connectivity index (χ3v) is 5.24. The van der Waals surface area contributed by atoms with Crippen molar-refractivity contribution >= 4 is 17.8 Å². The van der Waals surface area contributed by atoms with E-state index in [1.54, 1.807) is 19.0 Å². The van der Waals surface area contributed by atoms with Crippen molar-refractivity contribution in [3.05, 3.63) is 17.0 Å². The van der Waals surface area contributed by atoms with Gasteiger partial charge in [0.1, 0.15) is 6.04 Å². The van der Waals surface area contributed by atoms with Gasteiger partial charge in [0, 0.05) is 26.8 Å². The summed E-state index contributed by atoms with van der Waals surface area (Å²) in [5, 5.41) is 7.50. The van der Waals surface area contributed by atoms with Crippen LogP contribution in [0.5, 0.6) is 0 Å². The average Bonchev–Trinajstić information content (AvgIpc) is 2.92. The van der Waals surface area contributed by atoms with E-state index in [2.05, 4.69) is 10.2 Å². The van der Waals surface area contributed by atoms with Crippen molar-refractivity contribution in [2.75, 3.05) is 21.1 Å². The van der Waals surface area contributed by atoms with Crippen LogP contribution in [-0.2, 0) is 29.0 Å². The van der Waals surface area contributed by atoms with E-state index < -0.39 is 6.04 Å². The predicted octanol–water partition coefficient (Wildman–Crippen LogP) is 0.920. The van der Waals surface area contributed by atoms with Gasteiger partial charge in [0.25, 0.3) is 5.91 Å². The van der Waals surface area contributed by atoms with Crippen LogP contribution < -0.4 is 0 Å². The van der Waals surface area contributed by atoms with Crippen LogP contribution in [0, 0.1) is 0 Å². The first-order chi connectivity index (χ1) is 11.9. The van der Waals surface area contributed by atoms with Gasteiger partial charge in [-0.3, -0.25) is 19.6 Å². The average molecular weight is 347 g/mol. The normalized spacial score (nSPS) is 20.7. The molecule has 8 nitrogen and oxygen atoms in total. The highest BCUT2D eigenvalue weighted by Gasteiger charge is 2.42. The molecule has 1 atom stereocenters. The third kappa shape index (κ3) is 3.25. The molecule has 1 aromatic heterocycles. The fourth-order valence-corrected chi connectivity index (χ4v) is 3.57. The highest BCUT2D eigenvalue weighted by atomic mass is 16.2. The lowest BCUT2D eigenvalue weighted by Gasteiger charge is -2.21. The van der Waals surface area contributed by atoms with E-state index in [4.69, 9.17) is 0 Å². The number of aromatic amines is 1. The first-order valence-corrected chi connectivity index (χ1v) is 8.73. The number of aromatic nitrogens is 2. The van der Waals surface area contributed by atoms with Crippen LogP contribution in [0.1, 0.15) is 42.6 Å². The third-order valence-electron chi connectivity index (χ3n) is 5.24. The van der Waals surface area contributed by atoms with E-state index in [0.29, 0.717) is 6.54 Å². The Kier molecular flexibility index (Phi) is 4.78. The van der Waals surface area contributed by atoms with E-state index in [-0.39, 0.29) is 24.3 Å². The van der Waals surface area contributed by atoms with Crippen LogP contribution in [0.2, 0.25) is 0 Å². The summed E-state index contributed by atoms with van der Waals surface area (Å²) in [6.45, 7) is 0.416. The zero-order valence-electron chi connectivity index (χ0n) is 15.0. The van der Waals surface area contributed by atoms with Crippen LogP contribution in [-0.4, -0.2) is 69.9 Å². The monoisotopic (exact) mass is 347 g/mol. The SMILES string of the molecule is CN(Cc1n[nH]c2c1CCCCC2)C(=O)C[C@@H]1C(=O)N(C)C(=O)N1C. The Hall–Kier alpha value is -2.38. The molecule has 1 aromatic rings. The van der Waals surface area contributed by atoms with Gasteiger partial charge in [-0.2, -0.15) is 5.10 Å². The lowest BCUT2D eigenvalue weighted by molar-refractivity contribution is -0.135. The van der Waals surface area contributed by atoms with Crippen LogP contribution in [0.4, 0.5) is 4.79 Å². The van der Waals surface area contributed by atoms with E-state index in [9.17, 15) is 14.4 Å². The highest BCUT2D eigenvalue weighted by Crippen LogP contribution is 2.23. The summed E-state index contributed by atoms with van der Waals surface area (Å²) in [4.78, 5) is 40.4. The van der Waals surface area contributed by atoms with Crippen LogP contribution in [0.3, 0.4) is 0 Å². The van der Waals surface area contributed by atoms with Gasteiger partial charge in [-0.05, 0) is 31.2 Å². The summed E-state index contributed by atoms with van der Waals surface area (Å²) in [5.74, 6) is -0.499. The number of carbonyl (C=O) groups is 3. The number of hydrogen-bond acceptors (Lipinski definition) is 4. The molecule has 1 saturated heterocycles. The van der Waals surface area contributed by atoms with Gasteiger partial charge in [0.2, 0.25) is 5.91 Å². The number of rotatable bonds is 4. The van der Waals surface area contributed by atoms with Gasteiger partial charge in [-0.1, -0.05) is 6.42 Å². The molecule has 1 aliphatic heterocycles. The largest absolute Gasteiger partial charge is 0.340 e. The number of likely N-dealkylation sites (N-methyl/N-ethyl adjacent to an activating group) is 2. The molecule has 1 aliphatic carbocycles. The van der Waals surface area contributed by atoms with E-state index in [1.807, 2.05) is 0 Å². The minimum atomic E-state index is -0.719. The Balaban J connectivity index is 1.65. The first kappa shape index (κ1) is 17.4. The molecule has 0 aromatic carbocycles. The van der Waals surface area contributed by atoms with Crippen LogP contribution in [0.25, 0.3) is 0 Å². The number of nitrogens with zero attached hydrogens (tertiary/aromatic N) is 4. The molecule has 3 rings (SSSR count). The first-order valence-electron chi connectivity index (χ1n) is 8.73. The standard InChI is InChI=1S/C17H25N5O3/c1-20(10-13-11-7-5-4-6-8-12(11)18-19-13)15(23)9-14-16(24)22(3)17(25)21(14)2/h14H,4-10H2,1-3H3,(H,18,19)/t14-/m1/s1. The fraction of sp³-hybridized carbons (Fsp3) is 0.647. The number of hydrogen-bond donors (Lipinski definition) is 1. The van der Waals surface area contributed by atoms with Crippen molar-refractivity contribution in [3.8, 4) is 0 Å². The van der Waals surface area contributed by atoms with Crippen molar-refractivity contribution in [1.82, 2.24) is 24.9 Å². The predicted molar refractivity (Wildman–Crippen MR) is 90.7 cm³/mol. The smallest absolute Gasteiger partial charge is 0.326 e. The maximum absolute atomic E-state index is 12.5. The van der Waals surface area contributed by atoms with Crippen LogP contribution in [0.15, 0.2) is 0 Å². The summed E-state index contributed by atoms with van der Waals surface area (Å²) in [5.41, 5.74) is 3.33. The topological polar surface area (TPSA) is 89.6 Å². The summed E-state index contributed by atoms with van der Waals surface area (Å²) in [7, 11) is 4.70. The van der Waals surface area contributed by atoms with Crippen molar-refractivity contribution in [1.29, 1.82) is 0 Å². The Morgan fingerprint density at radius 1 is 1.24 bits per heavy atom. The maximum atomic E-state index is 12.5. The maximum Gasteiger partial charge on any atom is 0.326 e. The van der Waals surface area contributed by atoms with E-state index in [1.165, 1.54) is 36.0 Å². The molecule has 1 N–H and O–H groups in total. The quantitative estimate of drug-likeness (QED) is 0.648. The minimum Gasteiger partial charge on any atom is -0.340 e. The number of nitrogens with one attached hydrogen (secondary N) is 1.